The third-order valence-corrected chi connectivity index (χ3v) is 3.27. The number of benzene rings is 1. The summed E-state index contributed by atoms with van der Waals surface area (Å²) in [6.45, 7) is 2.08. The number of ether oxygens (including phenoxy) is 1. The fraction of sp³-hybridized carbons (Fsp3) is 0.214. The molecule has 92 valence electrons. The summed E-state index contributed by atoms with van der Waals surface area (Å²) in [5, 5.41) is 3.90. The van der Waals surface area contributed by atoms with Crippen molar-refractivity contribution in [3.8, 4) is 11.6 Å². The normalized spacial score (nSPS) is 15.2. The molecular weight excluding hydrogens is 248 g/mol. The number of pyridine rings is 1. The number of halogens is 1. The zero-order valence-electron chi connectivity index (χ0n) is 9.77. The molecule has 0 bridgehead atoms. The van der Waals surface area contributed by atoms with Crippen molar-refractivity contribution in [3.63, 3.8) is 0 Å². The summed E-state index contributed by atoms with van der Waals surface area (Å²) < 4.78 is 5.63. The monoisotopic (exact) mass is 260 g/mol. The minimum atomic E-state index is 0.591. The van der Waals surface area contributed by atoms with Gasteiger partial charge in [-0.2, -0.15) is 0 Å². The lowest BCUT2D eigenvalue weighted by atomic mass is 9.95. The van der Waals surface area contributed by atoms with Crippen LogP contribution in [0.1, 0.15) is 11.5 Å². The van der Waals surface area contributed by atoms with Crippen LogP contribution in [0, 0.1) is 0 Å². The number of nitrogens with one attached hydrogen (secondary N) is 1. The lowest BCUT2D eigenvalue weighted by Gasteiger charge is -2.27. The van der Waals surface area contributed by atoms with Gasteiger partial charge in [0, 0.05) is 36.3 Å². The average Bonchev–Trinajstić information content (AvgIpc) is 2.29. The quantitative estimate of drug-likeness (QED) is 0.920. The predicted octanol–water partition coefficient (Wildman–Crippen LogP) is 3.21. The van der Waals surface area contributed by atoms with Crippen LogP contribution >= 0.6 is 11.6 Å². The fourth-order valence-corrected chi connectivity index (χ4v) is 2.05. The van der Waals surface area contributed by atoms with E-state index in [4.69, 9.17) is 16.3 Å². The molecule has 0 amide bonds. The molecule has 0 atom stereocenters. The molecule has 4 heteroatoms. The molecule has 1 fully saturated rings. The van der Waals surface area contributed by atoms with Crippen molar-refractivity contribution >= 4 is 11.6 Å². The molecule has 2 heterocycles. The summed E-state index contributed by atoms with van der Waals surface area (Å²) in [5.74, 6) is 1.89. The van der Waals surface area contributed by atoms with E-state index in [0.717, 1.165) is 13.1 Å². The van der Waals surface area contributed by atoms with Gasteiger partial charge in [-0.25, -0.2) is 4.98 Å². The molecule has 0 aliphatic carbocycles. The summed E-state index contributed by atoms with van der Waals surface area (Å²) in [7, 11) is 0. The first-order chi connectivity index (χ1) is 8.81. The summed E-state index contributed by atoms with van der Waals surface area (Å²) in [6, 6.07) is 11.3. The van der Waals surface area contributed by atoms with Gasteiger partial charge < -0.3 is 10.1 Å². The molecule has 3 nitrogen and oxygen atoms in total. The first-order valence-corrected chi connectivity index (χ1v) is 6.29. The maximum absolute atomic E-state index is 5.90. The van der Waals surface area contributed by atoms with E-state index in [9.17, 15) is 0 Å². The molecule has 1 N–H and O–H groups in total. The Morgan fingerprint density at radius 3 is 2.72 bits per heavy atom. The van der Waals surface area contributed by atoms with Crippen LogP contribution in [-0.2, 0) is 0 Å². The van der Waals surface area contributed by atoms with Gasteiger partial charge in [-0.05, 0) is 23.8 Å². The van der Waals surface area contributed by atoms with Crippen LogP contribution < -0.4 is 10.1 Å². The highest BCUT2D eigenvalue weighted by Gasteiger charge is 2.18. The van der Waals surface area contributed by atoms with Crippen molar-refractivity contribution in [2.24, 2.45) is 0 Å². The molecule has 0 unspecified atom stereocenters. The van der Waals surface area contributed by atoms with Crippen molar-refractivity contribution in [1.29, 1.82) is 0 Å². The summed E-state index contributed by atoms with van der Waals surface area (Å²) in [6.07, 6.45) is 1.88. The van der Waals surface area contributed by atoms with Crippen LogP contribution in [0.3, 0.4) is 0 Å². The molecule has 3 rings (SSSR count). The van der Waals surface area contributed by atoms with Gasteiger partial charge in [-0.1, -0.05) is 23.7 Å². The van der Waals surface area contributed by atoms with Crippen LogP contribution in [0.4, 0.5) is 0 Å². The Kier molecular flexibility index (Phi) is 3.17. The second kappa shape index (κ2) is 4.96. The molecule has 1 aliphatic heterocycles. The molecule has 1 aromatic carbocycles. The minimum Gasteiger partial charge on any atom is -0.439 e. The first kappa shape index (κ1) is 11.5. The fourth-order valence-electron chi connectivity index (χ4n) is 1.87. The second-order valence-electron chi connectivity index (χ2n) is 4.34. The van der Waals surface area contributed by atoms with Gasteiger partial charge in [0.1, 0.15) is 5.75 Å². The van der Waals surface area contributed by atoms with Crippen molar-refractivity contribution in [1.82, 2.24) is 10.3 Å². The lowest BCUT2D eigenvalue weighted by Crippen LogP contribution is -2.39. The van der Waals surface area contributed by atoms with E-state index < -0.39 is 0 Å². The Morgan fingerprint density at radius 2 is 2.11 bits per heavy atom. The minimum absolute atomic E-state index is 0.591. The van der Waals surface area contributed by atoms with Crippen LogP contribution in [0.25, 0.3) is 0 Å². The molecule has 1 aromatic heterocycles. The number of aromatic nitrogens is 1. The van der Waals surface area contributed by atoms with Crippen LogP contribution in [0.2, 0.25) is 5.02 Å². The van der Waals surface area contributed by atoms with E-state index in [1.807, 2.05) is 30.5 Å². The maximum Gasteiger partial charge on any atom is 0.219 e. The lowest BCUT2D eigenvalue weighted by molar-refractivity contribution is 0.441. The Bertz CT molecular complexity index is 538. The second-order valence-corrected chi connectivity index (χ2v) is 4.78. The van der Waals surface area contributed by atoms with Crippen LogP contribution in [-0.4, -0.2) is 18.1 Å². The average molecular weight is 261 g/mol. The summed E-state index contributed by atoms with van der Waals surface area (Å²) in [4.78, 5) is 4.31. The van der Waals surface area contributed by atoms with E-state index >= 15 is 0 Å². The van der Waals surface area contributed by atoms with Gasteiger partial charge in [-0.15, -0.1) is 0 Å². The van der Waals surface area contributed by atoms with E-state index in [1.165, 1.54) is 5.56 Å². The van der Waals surface area contributed by atoms with E-state index in [2.05, 4.69) is 16.4 Å². The predicted molar refractivity (Wildman–Crippen MR) is 71.4 cm³/mol. The molecule has 0 saturated carbocycles. The Labute approximate surface area is 111 Å². The van der Waals surface area contributed by atoms with Gasteiger partial charge in [0.15, 0.2) is 0 Å². The molecule has 0 radical (unpaired) electrons. The third kappa shape index (κ3) is 2.47. The Morgan fingerprint density at radius 1 is 1.22 bits per heavy atom. The highest BCUT2D eigenvalue weighted by molar-refractivity contribution is 6.30. The van der Waals surface area contributed by atoms with Gasteiger partial charge >= 0.3 is 0 Å². The largest absolute Gasteiger partial charge is 0.439 e. The Balaban J connectivity index is 1.72. The summed E-state index contributed by atoms with van der Waals surface area (Å²) in [5.41, 5.74) is 1.26. The maximum atomic E-state index is 5.90. The Hall–Kier alpha value is -1.58. The highest BCUT2D eigenvalue weighted by atomic mass is 35.5. The smallest absolute Gasteiger partial charge is 0.219 e. The van der Waals surface area contributed by atoms with E-state index in [0.29, 0.717) is 22.6 Å². The van der Waals surface area contributed by atoms with Crippen LogP contribution in [0.5, 0.6) is 11.6 Å². The van der Waals surface area contributed by atoms with Gasteiger partial charge in [0.25, 0.3) is 0 Å². The molecule has 0 spiro atoms. The van der Waals surface area contributed by atoms with Crippen molar-refractivity contribution in [2.45, 2.75) is 5.92 Å². The number of nitrogens with zero attached hydrogens (tertiary/aromatic N) is 1. The van der Waals surface area contributed by atoms with Gasteiger partial charge in [0.2, 0.25) is 5.88 Å². The topological polar surface area (TPSA) is 34.1 Å². The molecule has 2 aromatic rings. The van der Waals surface area contributed by atoms with E-state index in [-0.39, 0.29) is 0 Å². The highest BCUT2D eigenvalue weighted by Crippen LogP contribution is 2.24. The zero-order chi connectivity index (χ0) is 12.4. The van der Waals surface area contributed by atoms with Gasteiger partial charge in [-0.3, -0.25) is 0 Å². The van der Waals surface area contributed by atoms with Crippen LogP contribution in [0.15, 0.2) is 42.6 Å². The molecular formula is C14H13ClN2O. The zero-order valence-corrected chi connectivity index (χ0v) is 10.5. The first-order valence-electron chi connectivity index (χ1n) is 5.91. The van der Waals surface area contributed by atoms with Crippen molar-refractivity contribution in [2.75, 3.05) is 13.1 Å². The summed E-state index contributed by atoms with van der Waals surface area (Å²) >= 11 is 5.90. The van der Waals surface area contributed by atoms with Gasteiger partial charge in [0.05, 0.1) is 0 Å². The number of hydrogen-bond donors (Lipinski definition) is 1. The molecule has 18 heavy (non-hydrogen) atoms. The number of hydrogen-bond acceptors (Lipinski definition) is 3. The third-order valence-electron chi connectivity index (χ3n) is 3.03. The van der Waals surface area contributed by atoms with Crippen molar-refractivity contribution < 1.29 is 4.74 Å². The SMILES string of the molecule is Clc1cccc(Oc2ccc(C3CNC3)cn2)c1. The van der Waals surface area contributed by atoms with E-state index in [1.54, 1.807) is 6.07 Å². The van der Waals surface area contributed by atoms with Crippen molar-refractivity contribution in [3.05, 3.63) is 53.2 Å². The molecule has 1 saturated heterocycles. The molecule has 1 aliphatic rings. The standard InChI is InChI=1S/C14H13ClN2O/c15-12-2-1-3-13(6-12)18-14-5-4-10(9-17-14)11-7-16-8-11/h1-6,9,11,16H,7-8H2. The number of rotatable bonds is 3.